The van der Waals surface area contributed by atoms with E-state index in [-0.39, 0.29) is 0 Å². The van der Waals surface area contributed by atoms with Gasteiger partial charge in [0.1, 0.15) is 0 Å². The zero-order valence-corrected chi connectivity index (χ0v) is 12.3. The molecule has 0 aromatic heterocycles. The van der Waals surface area contributed by atoms with Crippen LogP contribution in [0.3, 0.4) is 0 Å². The number of piperidine rings is 1. The van der Waals surface area contributed by atoms with Gasteiger partial charge in [-0.25, -0.2) is 0 Å². The molecule has 2 unspecified atom stereocenters. The van der Waals surface area contributed by atoms with Gasteiger partial charge in [0.15, 0.2) is 0 Å². The average Bonchev–Trinajstić information content (AvgIpc) is 2.22. The van der Waals surface area contributed by atoms with E-state index in [1.54, 1.807) is 0 Å². The van der Waals surface area contributed by atoms with Crippen molar-refractivity contribution in [1.82, 2.24) is 10.2 Å². The number of hydrogen-bond acceptors (Lipinski definition) is 3. The standard InChI is InChI=1S/C15H28N2O2/c1-11(2)8-16-13-6-12(7-15(18)19)9-17(10-13)14-4-3-5-14/h11-14,16H,3-10H2,1-2H3,(H,18,19). The molecule has 1 saturated carbocycles. The highest BCUT2D eigenvalue weighted by molar-refractivity contribution is 5.67. The van der Waals surface area contributed by atoms with Crippen molar-refractivity contribution in [3.63, 3.8) is 0 Å². The molecule has 1 saturated heterocycles. The fourth-order valence-corrected chi connectivity index (χ4v) is 3.24. The van der Waals surface area contributed by atoms with Gasteiger partial charge in [0.2, 0.25) is 0 Å². The molecule has 2 rings (SSSR count). The van der Waals surface area contributed by atoms with Crippen LogP contribution in [0, 0.1) is 11.8 Å². The second-order valence-electron chi connectivity index (χ2n) is 6.74. The molecule has 0 bridgehead atoms. The third kappa shape index (κ3) is 4.46. The van der Waals surface area contributed by atoms with Crippen molar-refractivity contribution in [2.45, 2.75) is 58.0 Å². The first kappa shape index (κ1) is 14.8. The van der Waals surface area contributed by atoms with E-state index in [2.05, 4.69) is 24.1 Å². The summed E-state index contributed by atoms with van der Waals surface area (Å²) in [4.78, 5) is 13.5. The van der Waals surface area contributed by atoms with Crippen molar-refractivity contribution in [2.75, 3.05) is 19.6 Å². The van der Waals surface area contributed by atoms with Gasteiger partial charge in [-0.2, -0.15) is 0 Å². The van der Waals surface area contributed by atoms with Crippen LogP contribution in [0.5, 0.6) is 0 Å². The summed E-state index contributed by atoms with van der Waals surface area (Å²) in [6.45, 7) is 7.55. The highest BCUT2D eigenvalue weighted by Crippen LogP contribution is 2.30. The van der Waals surface area contributed by atoms with Gasteiger partial charge in [0.25, 0.3) is 0 Å². The van der Waals surface area contributed by atoms with Crippen molar-refractivity contribution in [2.24, 2.45) is 11.8 Å². The van der Waals surface area contributed by atoms with Crippen molar-refractivity contribution >= 4 is 5.97 Å². The Labute approximate surface area is 116 Å². The number of likely N-dealkylation sites (tertiary alicyclic amines) is 1. The molecule has 4 nitrogen and oxygen atoms in total. The smallest absolute Gasteiger partial charge is 0.303 e. The molecular formula is C15H28N2O2. The molecule has 0 radical (unpaired) electrons. The van der Waals surface area contributed by atoms with Gasteiger partial charge >= 0.3 is 5.97 Å². The van der Waals surface area contributed by atoms with E-state index in [0.29, 0.717) is 24.3 Å². The number of carboxylic acid groups (broad SMARTS) is 1. The van der Waals surface area contributed by atoms with Crippen LogP contribution >= 0.6 is 0 Å². The lowest BCUT2D eigenvalue weighted by Gasteiger charge is -2.45. The summed E-state index contributed by atoms with van der Waals surface area (Å²) in [5.74, 6) is 0.316. The largest absolute Gasteiger partial charge is 0.481 e. The van der Waals surface area contributed by atoms with Crippen LogP contribution < -0.4 is 5.32 Å². The Kier molecular flexibility index (Phi) is 5.22. The number of carboxylic acids is 1. The van der Waals surface area contributed by atoms with Crippen LogP contribution in [-0.2, 0) is 4.79 Å². The van der Waals surface area contributed by atoms with E-state index in [4.69, 9.17) is 5.11 Å². The Morgan fingerprint density at radius 2 is 2.11 bits per heavy atom. The van der Waals surface area contributed by atoms with Crippen molar-refractivity contribution in [3.05, 3.63) is 0 Å². The SMILES string of the molecule is CC(C)CNC1CC(CC(=O)O)CN(C2CCC2)C1. The molecule has 1 aliphatic heterocycles. The molecule has 2 fully saturated rings. The minimum atomic E-state index is -0.650. The zero-order chi connectivity index (χ0) is 13.8. The van der Waals surface area contributed by atoms with E-state index < -0.39 is 5.97 Å². The second-order valence-corrected chi connectivity index (χ2v) is 6.74. The number of nitrogens with zero attached hydrogens (tertiary/aromatic N) is 1. The third-order valence-corrected chi connectivity index (χ3v) is 4.43. The molecule has 2 N–H and O–H groups in total. The molecule has 1 aliphatic carbocycles. The minimum absolute atomic E-state index is 0.316. The number of hydrogen-bond donors (Lipinski definition) is 2. The van der Waals surface area contributed by atoms with E-state index in [1.807, 2.05) is 0 Å². The van der Waals surface area contributed by atoms with Crippen molar-refractivity contribution in [1.29, 1.82) is 0 Å². The average molecular weight is 268 g/mol. The molecule has 4 heteroatoms. The lowest BCUT2D eigenvalue weighted by molar-refractivity contribution is -0.138. The quantitative estimate of drug-likeness (QED) is 0.773. The fourth-order valence-electron chi connectivity index (χ4n) is 3.24. The van der Waals surface area contributed by atoms with Gasteiger partial charge in [0.05, 0.1) is 0 Å². The number of carbonyl (C=O) groups is 1. The summed E-state index contributed by atoms with van der Waals surface area (Å²) >= 11 is 0. The van der Waals surface area contributed by atoms with Gasteiger partial charge in [0, 0.05) is 31.6 Å². The summed E-state index contributed by atoms with van der Waals surface area (Å²) in [5, 5.41) is 12.6. The first-order valence-corrected chi connectivity index (χ1v) is 7.73. The minimum Gasteiger partial charge on any atom is -0.481 e. The van der Waals surface area contributed by atoms with Crippen LogP contribution in [0.2, 0.25) is 0 Å². The maximum atomic E-state index is 11.0. The molecule has 2 aliphatic rings. The van der Waals surface area contributed by atoms with E-state index in [1.165, 1.54) is 19.3 Å². The lowest BCUT2D eigenvalue weighted by Crippen LogP contribution is -2.54. The Balaban J connectivity index is 1.88. The summed E-state index contributed by atoms with van der Waals surface area (Å²) in [6.07, 6.45) is 5.29. The molecular weight excluding hydrogens is 240 g/mol. The summed E-state index contributed by atoms with van der Waals surface area (Å²) < 4.78 is 0. The molecule has 0 amide bonds. The summed E-state index contributed by atoms with van der Waals surface area (Å²) in [5.41, 5.74) is 0. The Bertz CT molecular complexity index is 303. The maximum absolute atomic E-state index is 11.0. The normalized spacial score (nSPS) is 29.4. The molecule has 2 atom stereocenters. The van der Waals surface area contributed by atoms with Crippen LogP contribution in [-0.4, -0.2) is 47.7 Å². The van der Waals surface area contributed by atoms with Crippen LogP contribution in [0.25, 0.3) is 0 Å². The first-order valence-electron chi connectivity index (χ1n) is 7.73. The lowest BCUT2D eigenvalue weighted by atomic mass is 9.85. The molecule has 0 aromatic rings. The van der Waals surface area contributed by atoms with Gasteiger partial charge in [-0.3, -0.25) is 9.69 Å². The van der Waals surface area contributed by atoms with E-state index in [9.17, 15) is 4.79 Å². The molecule has 1 heterocycles. The summed E-state index contributed by atoms with van der Waals surface area (Å²) in [6, 6.07) is 1.20. The van der Waals surface area contributed by atoms with Crippen molar-refractivity contribution < 1.29 is 9.90 Å². The maximum Gasteiger partial charge on any atom is 0.303 e. The number of nitrogens with one attached hydrogen (secondary N) is 1. The van der Waals surface area contributed by atoms with E-state index >= 15 is 0 Å². The first-order chi connectivity index (χ1) is 9.04. The zero-order valence-electron chi connectivity index (χ0n) is 12.3. The highest BCUT2D eigenvalue weighted by atomic mass is 16.4. The molecule has 0 aromatic carbocycles. The Hall–Kier alpha value is -0.610. The molecule has 110 valence electrons. The van der Waals surface area contributed by atoms with Crippen LogP contribution in [0.15, 0.2) is 0 Å². The monoisotopic (exact) mass is 268 g/mol. The number of aliphatic carboxylic acids is 1. The molecule has 19 heavy (non-hydrogen) atoms. The third-order valence-electron chi connectivity index (χ3n) is 4.43. The number of rotatable bonds is 6. The topological polar surface area (TPSA) is 52.6 Å². The predicted molar refractivity (Wildman–Crippen MR) is 76.2 cm³/mol. The highest BCUT2D eigenvalue weighted by Gasteiger charge is 2.34. The van der Waals surface area contributed by atoms with Gasteiger partial charge in [-0.1, -0.05) is 20.3 Å². The van der Waals surface area contributed by atoms with Gasteiger partial charge in [-0.05, 0) is 37.6 Å². The summed E-state index contributed by atoms with van der Waals surface area (Å²) in [7, 11) is 0. The van der Waals surface area contributed by atoms with Crippen LogP contribution in [0.4, 0.5) is 0 Å². The van der Waals surface area contributed by atoms with Crippen LogP contribution in [0.1, 0.15) is 46.0 Å². The fraction of sp³-hybridized carbons (Fsp3) is 0.933. The predicted octanol–water partition coefficient (Wildman–Crippen LogP) is 1.95. The van der Waals surface area contributed by atoms with E-state index in [0.717, 1.165) is 32.1 Å². The Morgan fingerprint density at radius 3 is 2.63 bits per heavy atom. The van der Waals surface area contributed by atoms with Crippen molar-refractivity contribution in [3.8, 4) is 0 Å². The molecule has 0 spiro atoms. The van der Waals surface area contributed by atoms with Gasteiger partial charge < -0.3 is 10.4 Å². The van der Waals surface area contributed by atoms with Gasteiger partial charge in [-0.15, -0.1) is 0 Å². The Morgan fingerprint density at radius 1 is 1.37 bits per heavy atom. The second kappa shape index (κ2) is 6.71.